The molecule has 1 saturated heterocycles. The molecule has 1 aromatic carbocycles. The van der Waals surface area contributed by atoms with Gasteiger partial charge in [0.2, 0.25) is 10.0 Å². The maximum atomic E-state index is 13.1. The Morgan fingerprint density at radius 3 is 2.58 bits per heavy atom. The van der Waals surface area contributed by atoms with Crippen LogP contribution in [0.15, 0.2) is 24.4 Å². The number of hydrogen-bond acceptors (Lipinski definition) is 4. The van der Waals surface area contributed by atoms with Gasteiger partial charge in [0, 0.05) is 19.7 Å². The zero-order valence-electron chi connectivity index (χ0n) is 15.7. The summed E-state index contributed by atoms with van der Waals surface area (Å²) in [6.07, 6.45) is 3.80. The van der Waals surface area contributed by atoms with Gasteiger partial charge in [-0.15, -0.1) is 0 Å². The molecule has 0 atom stereocenters. The Bertz CT molecular complexity index is 946. The summed E-state index contributed by atoms with van der Waals surface area (Å²) in [6.45, 7) is 8.46. The third-order valence-electron chi connectivity index (χ3n) is 5.12. The molecule has 0 amide bonds. The van der Waals surface area contributed by atoms with Crippen molar-refractivity contribution in [3.63, 3.8) is 0 Å². The number of hydrogen-bond donors (Lipinski definition) is 1. The molecule has 2 aromatic rings. The summed E-state index contributed by atoms with van der Waals surface area (Å²) < 4.78 is 27.6. The average Bonchev–Trinajstić information content (AvgIpc) is 3.00. The average molecular weight is 390 g/mol. The molecule has 0 bridgehead atoms. The zero-order chi connectivity index (χ0) is 18.9. The van der Waals surface area contributed by atoms with Crippen molar-refractivity contribution in [3.8, 4) is 6.07 Å². The second-order valence-electron chi connectivity index (χ2n) is 8.37. The summed E-state index contributed by atoms with van der Waals surface area (Å²) in [5, 5.41) is 13.5. The normalized spacial score (nSPS) is 16.7. The van der Waals surface area contributed by atoms with E-state index in [1.807, 2.05) is 12.3 Å². The summed E-state index contributed by atoms with van der Waals surface area (Å²) in [4.78, 5) is 0. The number of fused-ring (bicyclic) bond motifs is 1. The first-order valence-corrected chi connectivity index (χ1v) is 14.5. The Morgan fingerprint density at radius 2 is 1.96 bits per heavy atom. The van der Waals surface area contributed by atoms with Crippen molar-refractivity contribution in [2.45, 2.75) is 44.4 Å². The molecule has 3 rings (SSSR count). The molecule has 140 valence electrons. The quantitative estimate of drug-likeness (QED) is 0.794. The van der Waals surface area contributed by atoms with E-state index < -0.39 is 18.1 Å². The predicted octanol–water partition coefficient (Wildman–Crippen LogP) is 3.50. The van der Waals surface area contributed by atoms with E-state index in [9.17, 15) is 13.7 Å². The fourth-order valence-electron chi connectivity index (χ4n) is 3.52. The lowest BCUT2D eigenvalue weighted by atomic mass is 9.90. The first kappa shape index (κ1) is 19.1. The summed E-state index contributed by atoms with van der Waals surface area (Å²) >= 11 is 0. The van der Waals surface area contributed by atoms with Crippen LogP contribution in [0, 0.1) is 11.3 Å². The Hall–Kier alpha value is -1.62. The molecule has 1 aliphatic rings. The van der Waals surface area contributed by atoms with Gasteiger partial charge in [0.1, 0.15) is 0 Å². The van der Waals surface area contributed by atoms with Crippen LogP contribution in [0.4, 0.5) is 0 Å². The van der Waals surface area contributed by atoms with Crippen LogP contribution in [-0.4, -0.2) is 39.3 Å². The van der Waals surface area contributed by atoms with Gasteiger partial charge >= 0.3 is 0 Å². The molecule has 5 nitrogen and oxygen atoms in total. The van der Waals surface area contributed by atoms with Gasteiger partial charge in [0.05, 0.1) is 22.9 Å². The Balaban J connectivity index is 2.09. The number of nitriles is 1. The number of piperidine rings is 1. The summed E-state index contributed by atoms with van der Waals surface area (Å²) in [5.41, 5.74) is 2.34. The van der Waals surface area contributed by atoms with Gasteiger partial charge in [0.25, 0.3) is 0 Å². The fourth-order valence-corrected chi connectivity index (χ4v) is 7.93. The molecule has 7 heteroatoms. The van der Waals surface area contributed by atoms with Crippen LogP contribution in [0.25, 0.3) is 10.9 Å². The molecule has 1 aliphatic heterocycles. The maximum absolute atomic E-state index is 13.1. The van der Waals surface area contributed by atoms with E-state index in [0.29, 0.717) is 17.0 Å². The van der Waals surface area contributed by atoms with Crippen LogP contribution in [0.5, 0.6) is 0 Å². The Kier molecular flexibility index (Phi) is 5.29. The first-order chi connectivity index (χ1) is 12.2. The van der Waals surface area contributed by atoms with Crippen LogP contribution in [0.2, 0.25) is 25.7 Å². The third kappa shape index (κ3) is 4.03. The summed E-state index contributed by atoms with van der Waals surface area (Å²) in [6, 6.07) is 8.25. The SMILES string of the molecule is C[Si](C)(C)CCS(=O)(=O)n1cc(C2CCNCC2)c2cc(C#N)ccc21. The molecule has 0 saturated carbocycles. The van der Waals surface area contributed by atoms with Gasteiger partial charge < -0.3 is 5.32 Å². The number of nitrogens with zero attached hydrogens (tertiary/aromatic N) is 2. The van der Waals surface area contributed by atoms with Crippen molar-refractivity contribution >= 4 is 29.0 Å². The molecule has 1 fully saturated rings. The molecule has 1 N–H and O–H groups in total. The Morgan fingerprint density at radius 1 is 1.27 bits per heavy atom. The van der Waals surface area contributed by atoms with Gasteiger partial charge in [-0.25, -0.2) is 12.4 Å². The molecule has 26 heavy (non-hydrogen) atoms. The molecule has 0 spiro atoms. The van der Waals surface area contributed by atoms with Crippen molar-refractivity contribution in [1.29, 1.82) is 5.26 Å². The molecule has 0 aliphatic carbocycles. The van der Waals surface area contributed by atoms with Crippen molar-refractivity contribution in [2.75, 3.05) is 18.8 Å². The minimum atomic E-state index is -3.40. The lowest BCUT2D eigenvalue weighted by molar-refractivity contribution is 0.462. The molecule has 0 radical (unpaired) electrons. The minimum Gasteiger partial charge on any atom is -0.317 e. The highest BCUT2D eigenvalue weighted by Gasteiger charge is 2.26. The monoisotopic (exact) mass is 389 g/mol. The lowest BCUT2D eigenvalue weighted by Gasteiger charge is -2.22. The van der Waals surface area contributed by atoms with Gasteiger partial charge in [-0.1, -0.05) is 19.6 Å². The van der Waals surface area contributed by atoms with Crippen LogP contribution in [0.1, 0.15) is 29.9 Å². The molecule has 0 unspecified atom stereocenters. The van der Waals surface area contributed by atoms with Gasteiger partial charge in [-0.2, -0.15) is 5.26 Å². The first-order valence-electron chi connectivity index (χ1n) is 9.20. The highest BCUT2D eigenvalue weighted by atomic mass is 32.2. The van der Waals surface area contributed by atoms with Crippen LogP contribution in [0.3, 0.4) is 0 Å². The third-order valence-corrected chi connectivity index (χ3v) is 8.85. The van der Waals surface area contributed by atoms with E-state index >= 15 is 0 Å². The maximum Gasteiger partial charge on any atom is 0.238 e. The van der Waals surface area contributed by atoms with E-state index in [2.05, 4.69) is 31.0 Å². The van der Waals surface area contributed by atoms with Crippen molar-refractivity contribution in [2.24, 2.45) is 0 Å². The number of nitrogens with one attached hydrogen (secondary N) is 1. The largest absolute Gasteiger partial charge is 0.317 e. The molecular weight excluding hydrogens is 362 g/mol. The second-order valence-corrected chi connectivity index (χ2v) is 16.0. The van der Waals surface area contributed by atoms with Crippen LogP contribution >= 0.6 is 0 Å². The summed E-state index contributed by atoms with van der Waals surface area (Å²) in [7, 11) is -4.86. The van der Waals surface area contributed by atoms with Gasteiger partial charge in [-0.05, 0) is 61.7 Å². The molecule has 1 aromatic heterocycles. The van der Waals surface area contributed by atoms with E-state index in [4.69, 9.17) is 0 Å². The zero-order valence-corrected chi connectivity index (χ0v) is 17.6. The minimum absolute atomic E-state index is 0.179. The van der Waals surface area contributed by atoms with Crippen molar-refractivity contribution in [3.05, 3.63) is 35.5 Å². The topological polar surface area (TPSA) is 74.9 Å². The van der Waals surface area contributed by atoms with Crippen molar-refractivity contribution in [1.82, 2.24) is 9.29 Å². The second kappa shape index (κ2) is 7.18. The molecule has 2 heterocycles. The number of rotatable bonds is 5. The van der Waals surface area contributed by atoms with E-state index in [0.717, 1.165) is 42.9 Å². The van der Waals surface area contributed by atoms with Gasteiger partial charge in [0.15, 0.2) is 0 Å². The fraction of sp³-hybridized carbons (Fsp3) is 0.526. The van der Waals surface area contributed by atoms with E-state index in [1.54, 1.807) is 12.1 Å². The highest BCUT2D eigenvalue weighted by Crippen LogP contribution is 2.34. The van der Waals surface area contributed by atoms with E-state index in [1.165, 1.54) is 3.97 Å². The van der Waals surface area contributed by atoms with Gasteiger partial charge in [-0.3, -0.25) is 0 Å². The smallest absolute Gasteiger partial charge is 0.238 e. The highest BCUT2D eigenvalue weighted by molar-refractivity contribution is 7.90. The summed E-state index contributed by atoms with van der Waals surface area (Å²) in [5.74, 6) is 0.513. The van der Waals surface area contributed by atoms with Crippen LogP contribution in [-0.2, 0) is 10.0 Å². The predicted molar refractivity (Wildman–Crippen MR) is 109 cm³/mol. The lowest BCUT2D eigenvalue weighted by Crippen LogP contribution is -2.27. The van der Waals surface area contributed by atoms with E-state index in [-0.39, 0.29) is 5.75 Å². The number of benzene rings is 1. The number of aromatic nitrogens is 1. The molecular formula is C19H27N3O2SSi. The standard InChI is InChI=1S/C19H27N3O2SSi/c1-26(2,3)11-10-25(23,24)22-14-18(16-6-8-21-9-7-16)17-12-15(13-20)4-5-19(17)22/h4-5,12,14,16,21H,6-11H2,1-3H3. The Labute approximate surface area is 157 Å². The van der Waals surface area contributed by atoms with Crippen molar-refractivity contribution < 1.29 is 8.42 Å². The van der Waals surface area contributed by atoms with Crippen LogP contribution < -0.4 is 5.32 Å².